The first-order valence-electron chi connectivity index (χ1n) is 8.11. The molecule has 1 aliphatic heterocycles. The third kappa shape index (κ3) is 2.94. The van der Waals surface area contributed by atoms with Crippen LogP contribution < -0.4 is 10.2 Å². The number of piperazine rings is 1. The average Bonchev–Trinajstić information content (AvgIpc) is 3.16. The fourth-order valence-electron chi connectivity index (χ4n) is 3.36. The lowest BCUT2D eigenvalue weighted by Crippen LogP contribution is -2.43. The maximum atomic E-state index is 6.50. The van der Waals surface area contributed by atoms with Gasteiger partial charge in [0.25, 0.3) is 0 Å². The van der Waals surface area contributed by atoms with Gasteiger partial charge in [-0.15, -0.1) is 0 Å². The van der Waals surface area contributed by atoms with Crippen molar-refractivity contribution in [2.24, 2.45) is 0 Å². The first-order valence-corrected chi connectivity index (χ1v) is 9.37. The fraction of sp³-hybridized carbons (Fsp3) is 0.562. The summed E-state index contributed by atoms with van der Waals surface area (Å²) in [6.07, 6.45) is 5.34. The van der Waals surface area contributed by atoms with Crippen LogP contribution in [0.5, 0.6) is 0 Å². The molecule has 2 N–H and O–H groups in total. The number of fused-ring (bicyclic) bond motifs is 1. The van der Waals surface area contributed by atoms with Crippen molar-refractivity contribution >= 4 is 40.1 Å². The molecule has 2 fully saturated rings. The lowest BCUT2D eigenvalue weighted by Gasteiger charge is -2.30. The second kappa shape index (κ2) is 6.30. The van der Waals surface area contributed by atoms with E-state index in [0.29, 0.717) is 0 Å². The zero-order chi connectivity index (χ0) is 14.9. The molecule has 0 atom stereocenters. The number of imidazole rings is 1. The van der Waals surface area contributed by atoms with Gasteiger partial charge in [-0.25, -0.2) is 4.98 Å². The number of H-pyrrole nitrogens is 1. The minimum Gasteiger partial charge on any atom is -0.368 e. The minimum atomic E-state index is 0.726. The molecule has 0 amide bonds. The summed E-state index contributed by atoms with van der Waals surface area (Å²) in [6.45, 7) is 4.02. The number of nitrogens with one attached hydrogen (secondary N) is 2. The van der Waals surface area contributed by atoms with Gasteiger partial charge in [0, 0.05) is 31.4 Å². The summed E-state index contributed by atoms with van der Waals surface area (Å²) >= 11 is 8.39. The van der Waals surface area contributed by atoms with Crippen molar-refractivity contribution in [1.29, 1.82) is 0 Å². The van der Waals surface area contributed by atoms with Crippen molar-refractivity contribution in [1.82, 2.24) is 15.3 Å². The number of aromatic nitrogens is 2. The van der Waals surface area contributed by atoms with E-state index >= 15 is 0 Å². The number of benzene rings is 1. The Morgan fingerprint density at radius 1 is 1.18 bits per heavy atom. The van der Waals surface area contributed by atoms with Crippen molar-refractivity contribution in [3.05, 3.63) is 17.2 Å². The second-order valence-electron chi connectivity index (χ2n) is 6.12. The molecule has 1 aliphatic carbocycles. The first-order chi connectivity index (χ1) is 10.8. The SMILES string of the molecule is Clc1cc2[nH]c(SC3CCCC3)nc2cc1N1CCNCC1. The van der Waals surface area contributed by atoms with E-state index in [1.165, 1.54) is 25.7 Å². The summed E-state index contributed by atoms with van der Waals surface area (Å²) in [6, 6.07) is 4.16. The molecule has 0 radical (unpaired) electrons. The maximum absolute atomic E-state index is 6.50. The summed E-state index contributed by atoms with van der Waals surface area (Å²) in [4.78, 5) is 10.6. The van der Waals surface area contributed by atoms with Crippen LogP contribution in [0.25, 0.3) is 11.0 Å². The van der Waals surface area contributed by atoms with Crippen LogP contribution in [0, 0.1) is 0 Å². The van der Waals surface area contributed by atoms with Crippen LogP contribution >= 0.6 is 23.4 Å². The van der Waals surface area contributed by atoms with Crippen LogP contribution in [-0.2, 0) is 0 Å². The molecule has 2 aliphatic rings. The van der Waals surface area contributed by atoms with Gasteiger partial charge in [0.05, 0.1) is 21.7 Å². The quantitative estimate of drug-likeness (QED) is 0.897. The van der Waals surface area contributed by atoms with Crippen LogP contribution in [-0.4, -0.2) is 41.4 Å². The van der Waals surface area contributed by atoms with Gasteiger partial charge in [0.2, 0.25) is 0 Å². The Balaban J connectivity index is 1.61. The zero-order valence-electron chi connectivity index (χ0n) is 12.6. The van der Waals surface area contributed by atoms with E-state index in [-0.39, 0.29) is 0 Å². The van der Waals surface area contributed by atoms with Crippen LogP contribution in [0.2, 0.25) is 5.02 Å². The third-order valence-corrected chi connectivity index (χ3v) is 6.09. The Kier molecular flexibility index (Phi) is 4.20. The van der Waals surface area contributed by atoms with E-state index < -0.39 is 0 Å². The predicted octanol–water partition coefficient (Wildman–Crippen LogP) is 3.66. The summed E-state index contributed by atoms with van der Waals surface area (Å²) in [5.41, 5.74) is 3.18. The van der Waals surface area contributed by atoms with Gasteiger partial charge in [0.15, 0.2) is 5.16 Å². The molecule has 2 heterocycles. The number of nitrogens with zero attached hydrogens (tertiary/aromatic N) is 2. The molecule has 0 spiro atoms. The molecule has 1 saturated heterocycles. The molecule has 2 aromatic rings. The highest BCUT2D eigenvalue weighted by Crippen LogP contribution is 2.36. The van der Waals surface area contributed by atoms with Gasteiger partial charge in [-0.3, -0.25) is 0 Å². The molecule has 0 unspecified atom stereocenters. The van der Waals surface area contributed by atoms with Gasteiger partial charge in [-0.1, -0.05) is 36.2 Å². The van der Waals surface area contributed by atoms with E-state index in [4.69, 9.17) is 16.6 Å². The van der Waals surface area contributed by atoms with E-state index in [0.717, 1.165) is 58.3 Å². The highest BCUT2D eigenvalue weighted by molar-refractivity contribution is 7.99. The Bertz CT molecular complexity index is 659. The summed E-state index contributed by atoms with van der Waals surface area (Å²) in [5, 5.41) is 5.95. The standard InChI is InChI=1S/C16H21ClN4S/c17-12-9-13-14(10-15(12)21-7-5-18-6-8-21)20-16(19-13)22-11-3-1-2-4-11/h9-11,18H,1-8H2,(H,19,20). The Morgan fingerprint density at radius 3 is 2.73 bits per heavy atom. The predicted molar refractivity (Wildman–Crippen MR) is 94.3 cm³/mol. The smallest absolute Gasteiger partial charge is 0.166 e. The monoisotopic (exact) mass is 336 g/mol. The number of hydrogen-bond donors (Lipinski definition) is 2. The lowest BCUT2D eigenvalue weighted by molar-refractivity contribution is 0.589. The van der Waals surface area contributed by atoms with E-state index in [2.05, 4.69) is 21.3 Å². The van der Waals surface area contributed by atoms with Crippen molar-refractivity contribution in [2.75, 3.05) is 31.1 Å². The summed E-state index contributed by atoms with van der Waals surface area (Å²) in [7, 11) is 0. The largest absolute Gasteiger partial charge is 0.368 e. The number of halogens is 1. The zero-order valence-corrected chi connectivity index (χ0v) is 14.1. The van der Waals surface area contributed by atoms with Gasteiger partial charge in [-0.05, 0) is 25.0 Å². The number of aromatic amines is 1. The Morgan fingerprint density at radius 2 is 1.95 bits per heavy atom. The number of anilines is 1. The minimum absolute atomic E-state index is 0.726. The Hall–Kier alpha value is -0.910. The molecule has 4 nitrogen and oxygen atoms in total. The fourth-order valence-corrected chi connectivity index (χ4v) is 4.85. The molecule has 118 valence electrons. The van der Waals surface area contributed by atoms with Crippen LogP contribution in [0.15, 0.2) is 17.3 Å². The molecule has 1 aromatic heterocycles. The normalized spacial score (nSPS) is 20.1. The van der Waals surface area contributed by atoms with Crippen LogP contribution in [0.4, 0.5) is 5.69 Å². The topological polar surface area (TPSA) is 44.0 Å². The molecule has 6 heteroatoms. The van der Waals surface area contributed by atoms with Gasteiger partial charge in [-0.2, -0.15) is 0 Å². The van der Waals surface area contributed by atoms with Crippen molar-refractivity contribution in [3.8, 4) is 0 Å². The third-order valence-electron chi connectivity index (χ3n) is 4.57. The first kappa shape index (κ1) is 14.7. The van der Waals surface area contributed by atoms with Crippen molar-refractivity contribution in [3.63, 3.8) is 0 Å². The molecular weight excluding hydrogens is 316 g/mol. The average molecular weight is 337 g/mol. The lowest BCUT2D eigenvalue weighted by atomic mass is 10.2. The molecule has 4 rings (SSSR count). The van der Waals surface area contributed by atoms with E-state index in [1.807, 2.05) is 17.8 Å². The number of thioether (sulfide) groups is 1. The maximum Gasteiger partial charge on any atom is 0.166 e. The molecule has 22 heavy (non-hydrogen) atoms. The van der Waals surface area contributed by atoms with Gasteiger partial charge < -0.3 is 15.2 Å². The molecular formula is C16H21ClN4S. The molecule has 1 aromatic carbocycles. The number of hydrogen-bond acceptors (Lipinski definition) is 4. The number of rotatable bonds is 3. The summed E-state index contributed by atoms with van der Waals surface area (Å²) < 4.78 is 0. The highest BCUT2D eigenvalue weighted by Gasteiger charge is 2.19. The van der Waals surface area contributed by atoms with Crippen LogP contribution in [0.1, 0.15) is 25.7 Å². The van der Waals surface area contributed by atoms with Gasteiger partial charge in [0.1, 0.15) is 0 Å². The second-order valence-corrected chi connectivity index (χ2v) is 7.82. The van der Waals surface area contributed by atoms with Crippen molar-refractivity contribution in [2.45, 2.75) is 36.1 Å². The summed E-state index contributed by atoms with van der Waals surface area (Å²) in [5.74, 6) is 0. The Labute approximate surface area is 140 Å². The molecule has 0 bridgehead atoms. The van der Waals surface area contributed by atoms with Gasteiger partial charge >= 0.3 is 0 Å². The highest BCUT2D eigenvalue weighted by atomic mass is 35.5. The van der Waals surface area contributed by atoms with Crippen LogP contribution in [0.3, 0.4) is 0 Å². The van der Waals surface area contributed by atoms with E-state index in [9.17, 15) is 0 Å². The molecule has 1 saturated carbocycles. The van der Waals surface area contributed by atoms with Crippen molar-refractivity contribution < 1.29 is 0 Å². The van der Waals surface area contributed by atoms with E-state index in [1.54, 1.807) is 0 Å².